The summed E-state index contributed by atoms with van der Waals surface area (Å²) in [6.45, 7) is 6.81. The van der Waals surface area contributed by atoms with Crippen molar-refractivity contribution in [3.8, 4) is 0 Å². The molecule has 1 aromatic rings. The SMILES string of the molecule is CC(CN(C)C)NS(=O)(=O)c1cc(CN)n(C(C)C)c1. The number of aromatic nitrogens is 1. The molecule has 0 aliphatic heterocycles. The van der Waals surface area contributed by atoms with Crippen LogP contribution in [0, 0.1) is 0 Å². The predicted octanol–water partition coefficient (Wildman–Crippen LogP) is 0.756. The van der Waals surface area contributed by atoms with E-state index in [1.165, 1.54) is 0 Å². The summed E-state index contributed by atoms with van der Waals surface area (Å²) in [4.78, 5) is 2.22. The van der Waals surface area contributed by atoms with E-state index in [2.05, 4.69) is 4.72 Å². The minimum Gasteiger partial charge on any atom is -0.346 e. The molecule has 7 heteroatoms. The second-order valence-corrected chi connectivity index (χ2v) is 7.37. The summed E-state index contributed by atoms with van der Waals surface area (Å²) in [7, 11) is 0.315. The first-order valence-corrected chi connectivity index (χ1v) is 8.23. The maximum Gasteiger partial charge on any atom is 0.242 e. The van der Waals surface area contributed by atoms with E-state index in [9.17, 15) is 8.42 Å². The molecule has 116 valence electrons. The number of hydrogen-bond donors (Lipinski definition) is 2. The first-order valence-electron chi connectivity index (χ1n) is 6.75. The summed E-state index contributed by atoms with van der Waals surface area (Å²) < 4.78 is 29.3. The van der Waals surface area contributed by atoms with Crippen LogP contribution in [0.15, 0.2) is 17.2 Å². The highest BCUT2D eigenvalue weighted by Gasteiger charge is 2.21. The number of nitrogens with one attached hydrogen (secondary N) is 1. The molecule has 3 N–H and O–H groups in total. The largest absolute Gasteiger partial charge is 0.346 e. The third-order valence-electron chi connectivity index (χ3n) is 2.98. The van der Waals surface area contributed by atoms with Crippen molar-refractivity contribution in [3.63, 3.8) is 0 Å². The molecular weight excluding hydrogens is 276 g/mol. The van der Waals surface area contributed by atoms with Gasteiger partial charge in [0.25, 0.3) is 0 Å². The third-order valence-corrected chi connectivity index (χ3v) is 4.53. The topological polar surface area (TPSA) is 80.4 Å². The highest BCUT2D eigenvalue weighted by atomic mass is 32.2. The van der Waals surface area contributed by atoms with Gasteiger partial charge in [-0.25, -0.2) is 13.1 Å². The normalized spacial score (nSPS) is 14.2. The van der Waals surface area contributed by atoms with Gasteiger partial charge in [-0.05, 0) is 40.9 Å². The van der Waals surface area contributed by atoms with Crippen molar-refractivity contribution in [1.29, 1.82) is 0 Å². The average Bonchev–Trinajstić information content (AvgIpc) is 2.71. The second-order valence-electron chi connectivity index (χ2n) is 5.66. The Hall–Kier alpha value is -0.890. The van der Waals surface area contributed by atoms with Gasteiger partial charge in [-0.3, -0.25) is 0 Å². The van der Waals surface area contributed by atoms with Crippen LogP contribution in [-0.2, 0) is 16.6 Å². The molecule has 6 nitrogen and oxygen atoms in total. The van der Waals surface area contributed by atoms with Crippen LogP contribution in [0.2, 0.25) is 0 Å². The summed E-state index contributed by atoms with van der Waals surface area (Å²) in [5, 5.41) is 0. The molecule has 1 rings (SSSR count). The van der Waals surface area contributed by atoms with Gasteiger partial charge in [0.05, 0.1) is 4.90 Å². The fourth-order valence-electron chi connectivity index (χ4n) is 2.21. The molecular formula is C13H26N4O2S. The first-order chi connectivity index (χ1) is 9.17. The van der Waals surface area contributed by atoms with Gasteiger partial charge in [0.2, 0.25) is 10.0 Å². The van der Waals surface area contributed by atoms with Crippen LogP contribution >= 0.6 is 0 Å². The number of hydrogen-bond acceptors (Lipinski definition) is 4. The number of sulfonamides is 1. The number of rotatable bonds is 7. The molecule has 0 aliphatic carbocycles. The Bertz CT molecular complexity index is 535. The minimum atomic E-state index is -3.50. The Morgan fingerprint density at radius 2 is 1.95 bits per heavy atom. The summed E-state index contributed by atoms with van der Waals surface area (Å²) in [6.07, 6.45) is 1.65. The van der Waals surface area contributed by atoms with E-state index in [0.29, 0.717) is 13.1 Å². The first kappa shape index (κ1) is 17.2. The van der Waals surface area contributed by atoms with Crippen molar-refractivity contribution in [2.45, 2.75) is 44.3 Å². The van der Waals surface area contributed by atoms with E-state index >= 15 is 0 Å². The Morgan fingerprint density at radius 3 is 2.35 bits per heavy atom. The van der Waals surface area contributed by atoms with Crippen molar-refractivity contribution in [2.75, 3.05) is 20.6 Å². The van der Waals surface area contributed by atoms with Gasteiger partial charge in [-0.1, -0.05) is 0 Å². The standard InChI is InChI=1S/C13H26N4O2S/c1-10(2)17-9-13(6-12(17)7-14)20(18,19)15-11(3)8-16(4)5/h6,9-11,15H,7-8,14H2,1-5H3. The lowest BCUT2D eigenvalue weighted by molar-refractivity contribution is 0.370. The lowest BCUT2D eigenvalue weighted by atomic mass is 10.3. The summed E-state index contributed by atoms with van der Waals surface area (Å²) in [5.74, 6) is 0. The zero-order valence-corrected chi connectivity index (χ0v) is 13.7. The van der Waals surface area contributed by atoms with Gasteiger partial charge in [-0.2, -0.15) is 0 Å². The fraction of sp³-hybridized carbons (Fsp3) is 0.692. The minimum absolute atomic E-state index is 0.154. The van der Waals surface area contributed by atoms with Crippen molar-refractivity contribution >= 4 is 10.0 Å². The molecule has 20 heavy (non-hydrogen) atoms. The van der Waals surface area contributed by atoms with E-state index in [0.717, 1.165) is 5.69 Å². The lowest BCUT2D eigenvalue weighted by Crippen LogP contribution is -2.39. The van der Waals surface area contributed by atoms with Crippen molar-refractivity contribution in [3.05, 3.63) is 18.0 Å². The fourth-order valence-corrected chi connectivity index (χ4v) is 3.49. The maximum absolute atomic E-state index is 12.3. The highest BCUT2D eigenvalue weighted by Crippen LogP contribution is 2.18. The third kappa shape index (κ3) is 4.31. The van der Waals surface area contributed by atoms with Gasteiger partial charge < -0.3 is 15.2 Å². The molecule has 0 aromatic carbocycles. The molecule has 0 amide bonds. The van der Waals surface area contributed by atoms with Crippen LogP contribution in [0.4, 0.5) is 0 Å². The summed E-state index contributed by atoms with van der Waals surface area (Å²) in [5.41, 5.74) is 6.49. The van der Waals surface area contributed by atoms with Crippen LogP contribution in [0.3, 0.4) is 0 Å². The Kier molecular flexibility index (Phi) is 5.76. The van der Waals surface area contributed by atoms with Crippen LogP contribution in [0.1, 0.15) is 32.5 Å². The molecule has 0 radical (unpaired) electrons. The number of likely N-dealkylation sites (N-methyl/N-ethyl adjacent to an activating group) is 1. The maximum atomic E-state index is 12.3. The zero-order valence-electron chi connectivity index (χ0n) is 12.9. The smallest absolute Gasteiger partial charge is 0.242 e. The second kappa shape index (κ2) is 6.71. The monoisotopic (exact) mass is 302 g/mol. The molecule has 0 saturated heterocycles. The van der Waals surface area contributed by atoms with E-state index in [4.69, 9.17) is 5.73 Å². The van der Waals surface area contributed by atoms with Crippen molar-refractivity contribution in [1.82, 2.24) is 14.2 Å². The van der Waals surface area contributed by atoms with E-state index < -0.39 is 10.0 Å². The van der Waals surface area contributed by atoms with Crippen LogP contribution < -0.4 is 10.5 Å². The van der Waals surface area contributed by atoms with E-state index in [1.54, 1.807) is 12.3 Å². The molecule has 0 bridgehead atoms. The van der Waals surface area contributed by atoms with Gasteiger partial charge >= 0.3 is 0 Å². The molecule has 0 saturated carbocycles. The molecule has 1 aromatic heterocycles. The number of nitrogens with two attached hydrogens (primary N) is 1. The van der Waals surface area contributed by atoms with Crippen molar-refractivity contribution in [2.24, 2.45) is 5.73 Å². The average molecular weight is 302 g/mol. The summed E-state index contributed by atoms with van der Waals surface area (Å²) >= 11 is 0. The van der Waals surface area contributed by atoms with Crippen LogP contribution in [0.5, 0.6) is 0 Å². The van der Waals surface area contributed by atoms with Crippen molar-refractivity contribution < 1.29 is 8.42 Å². The van der Waals surface area contributed by atoms with Crippen LogP contribution in [0.25, 0.3) is 0 Å². The Morgan fingerprint density at radius 1 is 1.35 bits per heavy atom. The summed E-state index contributed by atoms with van der Waals surface area (Å²) in [6, 6.07) is 1.67. The molecule has 1 heterocycles. The molecule has 1 atom stereocenters. The Labute approximate surface area is 122 Å². The molecule has 0 spiro atoms. The van der Waals surface area contributed by atoms with Gasteiger partial charge in [0, 0.05) is 37.1 Å². The predicted molar refractivity (Wildman–Crippen MR) is 81.0 cm³/mol. The van der Waals surface area contributed by atoms with Gasteiger partial charge in [0.15, 0.2) is 0 Å². The van der Waals surface area contributed by atoms with Gasteiger partial charge in [0.1, 0.15) is 0 Å². The zero-order chi connectivity index (χ0) is 15.5. The van der Waals surface area contributed by atoms with Crippen LogP contribution in [-0.4, -0.2) is 44.6 Å². The molecule has 1 unspecified atom stereocenters. The van der Waals surface area contributed by atoms with E-state index in [-0.39, 0.29) is 17.0 Å². The van der Waals surface area contributed by atoms with Gasteiger partial charge in [-0.15, -0.1) is 0 Å². The molecule has 0 fully saturated rings. The van der Waals surface area contributed by atoms with E-state index in [1.807, 2.05) is 44.3 Å². The Balaban J connectivity index is 2.98. The lowest BCUT2D eigenvalue weighted by Gasteiger charge is -2.17. The quantitative estimate of drug-likeness (QED) is 0.779. The highest BCUT2D eigenvalue weighted by molar-refractivity contribution is 7.89. The molecule has 0 aliphatic rings. The number of nitrogens with zero attached hydrogens (tertiary/aromatic N) is 2.